The Hall–Kier alpha value is -3.86. The standard InChI is InChI=1S/C25H22N4O/c30-25(26-14-13-21-17-28-15-7-6-12-24(28)27-21)18-29-22-11-5-4-10-20(22)16-23(29)19-8-2-1-3-9-19/h1-12,15-17H,13-14,18H2,(H,26,30). The van der Waals surface area contributed by atoms with Gasteiger partial charge in [0.25, 0.3) is 0 Å². The number of carbonyl (C=O) groups is 1. The maximum Gasteiger partial charge on any atom is 0.239 e. The van der Waals surface area contributed by atoms with Gasteiger partial charge in [0.15, 0.2) is 0 Å². The number of hydrogen-bond donors (Lipinski definition) is 1. The van der Waals surface area contributed by atoms with Crippen LogP contribution in [0.25, 0.3) is 27.8 Å². The van der Waals surface area contributed by atoms with E-state index in [4.69, 9.17) is 0 Å². The minimum Gasteiger partial charge on any atom is -0.354 e. The summed E-state index contributed by atoms with van der Waals surface area (Å²) in [4.78, 5) is 17.3. The first-order valence-corrected chi connectivity index (χ1v) is 10.1. The van der Waals surface area contributed by atoms with E-state index in [0.29, 0.717) is 13.0 Å². The molecule has 5 heteroatoms. The van der Waals surface area contributed by atoms with Crippen molar-refractivity contribution < 1.29 is 4.79 Å². The zero-order valence-electron chi connectivity index (χ0n) is 16.5. The highest BCUT2D eigenvalue weighted by atomic mass is 16.1. The number of aromatic nitrogens is 3. The fraction of sp³-hybridized carbons (Fsp3) is 0.120. The Kier molecular flexibility index (Phi) is 4.77. The molecule has 3 heterocycles. The molecule has 1 amide bonds. The van der Waals surface area contributed by atoms with Gasteiger partial charge in [-0.25, -0.2) is 4.98 Å². The molecule has 30 heavy (non-hydrogen) atoms. The third-order valence-corrected chi connectivity index (χ3v) is 5.30. The van der Waals surface area contributed by atoms with E-state index in [9.17, 15) is 4.79 Å². The Morgan fingerprint density at radius 1 is 0.933 bits per heavy atom. The summed E-state index contributed by atoms with van der Waals surface area (Å²) in [5.41, 5.74) is 5.10. The maximum absolute atomic E-state index is 12.7. The molecule has 0 saturated carbocycles. The van der Waals surface area contributed by atoms with Crippen LogP contribution in [0.1, 0.15) is 5.69 Å². The molecule has 5 rings (SSSR count). The molecule has 0 aliphatic rings. The van der Waals surface area contributed by atoms with Gasteiger partial charge in [-0.2, -0.15) is 0 Å². The predicted octanol–water partition coefficient (Wildman–Crippen LogP) is 4.31. The van der Waals surface area contributed by atoms with E-state index in [2.05, 4.69) is 45.2 Å². The van der Waals surface area contributed by atoms with E-state index in [1.54, 1.807) is 0 Å². The summed E-state index contributed by atoms with van der Waals surface area (Å²) in [5, 5.41) is 4.18. The lowest BCUT2D eigenvalue weighted by Crippen LogP contribution is -2.29. The van der Waals surface area contributed by atoms with Gasteiger partial charge < -0.3 is 14.3 Å². The molecule has 0 radical (unpaired) electrons. The van der Waals surface area contributed by atoms with Crippen molar-refractivity contribution in [3.8, 4) is 11.3 Å². The van der Waals surface area contributed by atoms with Gasteiger partial charge in [-0.15, -0.1) is 0 Å². The van der Waals surface area contributed by atoms with E-state index >= 15 is 0 Å². The summed E-state index contributed by atoms with van der Waals surface area (Å²) in [7, 11) is 0. The van der Waals surface area contributed by atoms with Crippen LogP contribution in [0.5, 0.6) is 0 Å². The van der Waals surface area contributed by atoms with Crippen LogP contribution in [-0.4, -0.2) is 26.4 Å². The minimum absolute atomic E-state index is 0.00250. The first-order chi connectivity index (χ1) is 14.8. The lowest BCUT2D eigenvalue weighted by atomic mass is 10.1. The highest BCUT2D eigenvalue weighted by Crippen LogP contribution is 2.28. The van der Waals surface area contributed by atoms with Gasteiger partial charge >= 0.3 is 0 Å². The van der Waals surface area contributed by atoms with Crippen molar-refractivity contribution in [3.05, 3.63) is 97.0 Å². The number of fused-ring (bicyclic) bond motifs is 2. The summed E-state index contributed by atoms with van der Waals surface area (Å²) >= 11 is 0. The van der Waals surface area contributed by atoms with Gasteiger partial charge in [0.05, 0.1) is 5.69 Å². The molecule has 0 spiro atoms. The van der Waals surface area contributed by atoms with E-state index in [1.165, 1.54) is 0 Å². The molecule has 2 aromatic carbocycles. The molecule has 0 atom stereocenters. The van der Waals surface area contributed by atoms with Crippen LogP contribution in [0, 0.1) is 0 Å². The van der Waals surface area contributed by atoms with E-state index in [1.807, 2.05) is 65.3 Å². The Morgan fingerprint density at radius 3 is 2.60 bits per heavy atom. The van der Waals surface area contributed by atoms with Gasteiger partial charge in [0.1, 0.15) is 12.2 Å². The number of rotatable bonds is 6. The van der Waals surface area contributed by atoms with Crippen LogP contribution in [0.2, 0.25) is 0 Å². The smallest absolute Gasteiger partial charge is 0.239 e. The number of amides is 1. The molecule has 0 aliphatic heterocycles. The first kappa shape index (κ1) is 18.2. The van der Waals surface area contributed by atoms with Crippen molar-refractivity contribution in [3.63, 3.8) is 0 Å². The number of carbonyl (C=O) groups excluding carboxylic acids is 1. The second kappa shape index (κ2) is 7.87. The van der Waals surface area contributed by atoms with Crippen molar-refractivity contribution in [1.29, 1.82) is 0 Å². The average Bonchev–Trinajstić information content (AvgIpc) is 3.36. The maximum atomic E-state index is 12.7. The van der Waals surface area contributed by atoms with Crippen LogP contribution >= 0.6 is 0 Å². The number of nitrogens with zero attached hydrogens (tertiary/aromatic N) is 3. The fourth-order valence-electron chi connectivity index (χ4n) is 3.87. The molecule has 5 nitrogen and oxygen atoms in total. The van der Waals surface area contributed by atoms with Crippen molar-refractivity contribution in [1.82, 2.24) is 19.3 Å². The van der Waals surface area contributed by atoms with Crippen LogP contribution in [-0.2, 0) is 17.8 Å². The third kappa shape index (κ3) is 3.57. The van der Waals surface area contributed by atoms with Gasteiger partial charge in [-0.05, 0) is 29.8 Å². The summed E-state index contributed by atoms with van der Waals surface area (Å²) in [6, 6.07) is 26.4. The zero-order chi connectivity index (χ0) is 20.3. The Balaban J connectivity index is 1.31. The molecule has 0 bridgehead atoms. The Labute approximate surface area is 174 Å². The van der Waals surface area contributed by atoms with Crippen molar-refractivity contribution >= 4 is 22.5 Å². The van der Waals surface area contributed by atoms with Crippen molar-refractivity contribution in [2.45, 2.75) is 13.0 Å². The summed E-state index contributed by atoms with van der Waals surface area (Å²) in [6.07, 6.45) is 4.69. The molecular formula is C25H22N4O. The normalized spacial score (nSPS) is 11.2. The topological polar surface area (TPSA) is 51.3 Å². The molecule has 0 aliphatic carbocycles. The predicted molar refractivity (Wildman–Crippen MR) is 119 cm³/mol. The molecule has 5 aromatic rings. The number of benzene rings is 2. The number of hydrogen-bond acceptors (Lipinski definition) is 2. The number of pyridine rings is 1. The van der Waals surface area contributed by atoms with E-state index in [-0.39, 0.29) is 12.5 Å². The lowest BCUT2D eigenvalue weighted by molar-refractivity contribution is -0.121. The van der Waals surface area contributed by atoms with Gasteiger partial charge in [0, 0.05) is 42.0 Å². The Morgan fingerprint density at radius 2 is 1.73 bits per heavy atom. The SMILES string of the molecule is O=C(Cn1c(-c2ccccc2)cc2ccccc21)NCCc1cn2ccccc2n1. The molecule has 3 aromatic heterocycles. The van der Waals surface area contributed by atoms with Crippen LogP contribution in [0.15, 0.2) is 91.3 Å². The quantitative estimate of drug-likeness (QED) is 0.466. The van der Waals surface area contributed by atoms with Gasteiger partial charge in [-0.3, -0.25) is 4.79 Å². The van der Waals surface area contributed by atoms with Gasteiger partial charge in [-0.1, -0.05) is 54.6 Å². The molecule has 0 fully saturated rings. The number of nitrogens with one attached hydrogen (secondary N) is 1. The van der Waals surface area contributed by atoms with Crippen LogP contribution < -0.4 is 5.32 Å². The van der Waals surface area contributed by atoms with Crippen molar-refractivity contribution in [2.75, 3.05) is 6.54 Å². The Bertz CT molecular complexity index is 1280. The largest absolute Gasteiger partial charge is 0.354 e. The van der Waals surface area contributed by atoms with E-state index < -0.39 is 0 Å². The third-order valence-electron chi connectivity index (χ3n) is 5.30. The highest BCUT2D eigenvalue weighted by Gasteiger charge is 2.13. The summed E-state index contributed by atoms with van der Waals surface area (Å²) < 4.78 is 4.08. The summed E-state index contributed by atoms with van der Waals surface area (Å²) in [5.74, 6) is -0.00250. The second-order valence-corrected chi connectivity index (χ2v) is 7.34. The monoisotopic (exact) mass is 394 g/mol. The molecule has 0 unspecified atom stereocenters. The number of para-hydroxylation sites is 1. The fourth-order valence-corrected chi connectivity index (χ4v) is 3.87. The molecule has 148 valence electrons. The summed E-state index contributed by atoms with van der Waals surface area (Å²) in [6.45, 7) is 0.839. The van der Waals surface area contributed by atoms with Crippen molar-refractivity contribution in [2.24, 2.45) is 0 Å². The zero-order valence-corrected chi connectivity index (χ0v) is 16.5. The first-order valence-electron chi connectivity index (χ1n) is 10.1. The molecule has 0 saturated heterocycles. The molecule has 1 N–H and O–H groups in total. The lowest BCUT2D eigenvalue weighted by Gasteiger charge is -2.11. The minimum atomic E-state index is -0.00250. The van der Waals surface area contributed by atoms with Gasteiger partial charge in [0.2, 0.25) is 5.91 Å². The molecular weight excluding hydrogens is 372 g/mol. The second-order valence-electron chi connectivity index (χ2n) is 7.34. The number of imidazole rings is 1. The average molecular weight is 394 g/mol. The van der Waals surface area contributed by atoms with Crippen LogP contribution in [0.3, 0.4) is 0 Å². The highest BCUT2D eigenvalue weighted by molar-refractivity contribution is 5.89. The van der Waals surface area contributed by atoms with Crippen LogP contribution in [0.4, 0.5) is 0 Å². The van der Waals surface area contributed by atoms with E-state index in [0.717, 1.165) is 33.5 Å².